The van der Waals surface area contributed by atoms with Crippen molar-refractivity contribution in [3.63, 3.8) is 0 Å². The zero-order valence-corrected chi connectivity index (χ0v) is 12.7. The van der Waals surface area contributed by atoms with Gasteiger partial charge in [-0.1, -0.05) is 54.5 Å². The minimum atomic E-state index is -0.799. The van der Waals surface area contributed by atoms with Crippen molar-refractivity contribution in [3.8, 4) is 11.3 Å². The van der Waals surface area contributed by atoms with Gasteiger partial charge in [0.15, 0.2) is 0 Å². The minimum Gasteiger partial charge on any atom is -0.383 e. The molecule has 1 aliphatic carbocycles. The average molecular weight is 295 g/mol. The molecule has 1 aliphatic heterocycles. The highest BCUT2D eigenvalue weighted by Gasteiger charge is 2.49. The number of rotatable bonds is 2. The van der Waals surface area contributed by atoms with E-state index in [0.29, 0.717) is 0 Å². The summed E-state index contributed by atoms with van der Waals surface area (Å²) in [5.74, 6) is 0.276. The first-order chi connectivity index (χ1) is 10.7. The number of fused-ring (bicyclic) bond motifs is 3. The van der Waals surface area contributed by atoms with E-state index in [4.69, 9.17) is 0 Å². The third kappa shape index (κ3) is 1.87. The predicted molar refractivity (Wildman–Crippen MR) is 85.2 cm³/mol. The van der Waals surface area contributed by atoms with Gasteiger partial charge in [0.25, 0.3) is 0 Å². The van der Waals surface area contributed by atoms with Crippen molar-refractivity contribution in [1.82, 2.24) is 15.0 Å². The van der Waals surface area contributed by atoms with Gasteiger partial charge in [-0.25, -0.2) is 4.68 Å². The number of aromatic nitrogens is 3. The van der Waals surface area contributed by atoms with E-state index in [1.807, 2.05) is 41.1 Å². The van der Waals surface area contributed by atoms with E-state index in [2.05, 4.69) is 16.9 Å². The van der Waals surface area contributed by atoms with E-state index in [-0.39, 0.29) is 12.0 Å². The van der Waals surface area contributed by atoms with Crippen LogP contribution in [0.5, 0.6) is 0 Å². The van der Waals surface area contributed by atoms with Crippen LogP contribution in [0.2, 0.25) is 0 Å². The largest absolute Gasteiger partial charge is 0.383 e. The van der Waals surface area contributed by atoms with Gasteiger partial charge in [0.05, 0.1) is 11.7 Å². The molecule has 1 N–H and O–H groups in total. The molecule has 0 bridgehead atoms. The second-order valence-electron chi connectivity index (χ2n) is 6.50. The fraction of sp³-hybridized carbons (Fsp3) is 0.444. The fourth-order valence-electron chi connectivity index (χ4n) is 4.16. The molecule has 3 atom stereocenters. The second kappa shape index (κ2) is 5.06. The van der Waals surface area contributed by atoms with Gasteiger partial charge in [-0.15, -0.1) is 11.7 Å². The SMILES string of the molecule is C=C[C@H]1C[C@H]2CCCC[C@]2(O)c2c(-c3ccccc3)nnn21. The Morgan fingerprint density at radius 1 is 1.27 bits per heavy atom. The maximum absolute atomic E-state index is 11.5. The number of aliphatic hydroxyl groups is 1. The summed E-state index contributed by atoms with van der Waals surface area (Å²) < 4.78 is 1.90. The fourth-order valence-corrected chi connectivity index (χ4v) is 4.16. The van der Waals surface area contributed by atoms with Gasteiger partial charge in [0, 0.05) is 5.56 Å². The van der Waals surface area contributed by atoms with Crippen molar-refractivity contribution in [2.75, 3.05) is 0 Å². The Hall–Kier alpha value is -1.94. The zero-order chi connectivity index (χ0) is 15.2. The summed E-state index contributed by atoms with van der Waals surface area (Å²) in [6.45, 7) is 3.96. The van der Waals surface area contributed by atoms with E-state index in [1.165, 1.54) is 6.42 Å². The maximum Gasteiger partial charge on any atom is 0.119 e. The van der Waals surface area contributed by atoms with Crippen LogP contribution in [0.15, 0.2) is 43.0 Å². The molecule has 0 amide bonds. The lowest BCUT2D eigenvalue weighted by Gasteiger charge is -2.45. The molecule has 2 heterocycles. The van der Waals surface area contributed by atoms with Gasteiger partial charge in [-0.3, -0.25) is 0 Å². The summed E-state index contributed by atoms with van der Waals surface area (Å²) in [6.07, 6.45) is 6.96. The molecule has 1 aromatic carbocycles. The molecular weight excluding hydrogens is 274 g/mol. The minimum absolute atomic E-state index is 0.128. The molecule has 0 radical (unpaired) electrons. The van der Waals surface area contributed by atoms with E-state index in [9.17, 15) is 5.11 Å². The molecule has 2 aromatic rings. The molecule has 4 rings (SSSR count). The van der Waals surface area contributed by atoms with Crippen molar-refractivity contribution >= 4 is 0 Å². The summed E-state index contributed by atoms with van der Waals surface area (Å²) in [6, 6.07) is 10.2. The first-order valence-corrected chi connectivity index (χ1v) is 8.10. The number of hydrogen-bond acceptors (Lipinski definition) is 3. The summed E-state index contributed by atoms with van der Waals surface area (Å²) in [7, 11) is 0. The molecule has 114 valence electrons. The highest BCUT2D eigenvalue weighted by Crippen LogP contribution is 2.51. The normalized spacial score (nSPS) is 30.4. The molecule has 1 aromatic heterocycles. The van der Waals surface area contributed by atoms with Crippen molar-refractivity contribution in [3.05, 3.63) is 48.7 Å². The molecule has 1 fully saturated rings. The summed E-state index contributed by atoms with van der Waals surface area (Å²) in [4.78, 5) is 0. The van der Waals surface area contributed by atoms with Crippen molar-refractivity contribution in [2.24, 2.45) is 5.92 Å². The topological polar surface area (TPSA) is 50.9 Å². The van der Waals surface area contributed by atoms with Crippen LogP contribution in [0.3, 0.4) is 0 Å². The van der Waals surface area contributed by atoms with Crippen molar-refractivity contribution in [2.45, 2.75) is 43.7 Å². The predicted octanol–water partition coefficient (Wildman–Crippen LogP) is 3.45. The Balaban J connectivity index is 1.92. The lowest BCUT2D eigenvalue weighted by atomic mass is 9.68. The van der Waals surface area contributed by atoms with Gasteiger partial charge >= 0.3 is 0 Å². The molecular formula is C18H21N3O. The summed E-state index contributed by atoms with van der Waals surface area (Å²) in [5.41, 5.74) is 1.93. The Bertz CT molecular complexity index is 694. The van der Waals surface area contributed by atoms with Crippen LogP contribution >= 0.6 is 0 Å². The molecule has 2 aliphatic rings. The number of benzene rings is 1. The number of allylic oxidation sites excluding steroid dienone is 1. The Kier molecular flexibility index (Phi) is 3.15. The molecule has 1 saturated carbocycles. The summed E-state index contributed by atoms with van der Waals surface area (Å²) in [5, 5.41) is 20.2. The Morgan fingerprint density at radius 3 is 2.86 bits per heavy atom. The van der Waals surface area contributed by atoms with Gasteiger partial charge in [0.1, 0.15) is 11.3 Å². The Labute approximate surface area is 130 Å². The van der Waals surface area contributed by atoms with Crippen LogP contribution in [0, 0.1) is 5.92 Å². The lowest BCUT2D eigenvalue weighted by Crippen LogP contribution is -2.45. The van der Waals surface area contributed by atoms with E-state index >= 15 is 0 Å². The van der Waals surface area contributed by atoms with Crippen LogP contribution in [0.1, 0.15) is 43.8 Å². The van der Waals surface area contributed by atoms with E-state index in [0.717, 1.165) is 42.6 Å². The Morgan fingerprint density at radius 2 is 2.09 bits per heavy atom. The molecule has 4 heteroatoms. The van der Waals surface area contributed by atoms with Crippen LogP contribution in [-0.4, -0.2) is 20.1 Å². The first kappa shape index (κ1) is 13.7. The standard InChI is InChI=1S/C18H21N3O/c1-2-15-12-14-10-6-7-11-18(14,22)17-16(19-20-21(15)17)13-8-4-3-5-9-13/h2-5,8-9,14-15,22H,1,6-7,10-12H2/t14-,15+,18-/m1/s1. The first-order valence-electron chi connectivity index (χ1n) is 8.10. The number of hydrogen-bond donors (Lipinski definition) is 1. The smallest absolute Gasteiger partial charge is 0.119 e. The monoisotopic (exact) mass is 295 g/mol. The summed E-state index contributed by atoms with van der Waals surface area (Å²) >= 11 is 0. The average Bonchev–Trinajstić information content (AvgIpc) is 3.01. The molecule has 0 unspecified atom stereocenters. The van der Waals surface area contributed by atoms with E-state index < -0.39 is 5.60 Å². The highest BCUT2D eigenvalue weighted by molar-refractivity contribution is 5.63. The number of nitrogens with zero attached hydrogens (tertiary/aromatic N) is 3. The highest BCUT2D eigenvalue weighted by atomic mass is 16.3. The van der Waals surface area contributed by atoms with Crippen LogP contribution in [0.4, 0.5) is 0 Å². The second-order valence-corrected chi connectivity index (χ2v) is 6.50. The zero-order valence-electron chi connectivity index (χ0n) is 12.7. The maximum atomic E-state index is 11.5. The molecule has 0 spiro atoms. The van der Waals surface area contributed by atoms with Crippen LogP contribution in [0.25, 0.3) is 11.3 Å². The quantitative estimate of drug-likeness (QED) is 0.863. The van der Waals surface area contributed by atoms with Crippen LogP contribution in [-0.2, 0) is 5.60 Å². The van der Waals surface area contributed by atoms with E-state index in [1.54, 1.807) is 0 Å². The van der Waals surface area contributed by atoms with Gasteiger partial charge in [0.2, 0.25) is 0 Å². The third-order valence-electron chi connectivity index (χ3n) is 5.30. The van der Waals surface area contributed by atoms with Gasteiger partial charge in [-0.05, 0) is 25.2 Å². The third-order valence-corrected chi connectivity index (χ3v) is 5.30. The lowest BCUT2D eigenvalue weighted by molar-refractivity contribution is -0.0811. The molecule has 22 heavy (non-hydrogen) atoms. The van der Waals surface area contributed by atoms with Crippen molar-refractivity contribution < 1.29 is 5.11 Å². The van der Waals surface area contributed by atoms with Gasteiger partial charge < -0.3 is 5.11 Å². The molecule has 4 nitrogen and oxygen atoms in total. The van der Waals surface area contributed by atoms with Gasteiger partial charge in [-0.2, -0.15) is 0 Å². The van der Waals surface area contributed by atoms with Crippen molar-refractivity contribution in [1.29, 1.82) is 0 Å². The van der Waals surface area contributed by atoms with Crippen LogP contribution < -0.4 is 0 Å². The molecule has 0 saturated heterocycles.